The first kappa shape index (κ1) is 20.6. The lowest BCUT2D eigenvalue weighted by atomic mass is 9.78. The second-order valence-corrected chi connectivity index (χ2v) is 7.25. The highest BCUT2D eigenvalue weighted by molar-refractivity contribution is 7.09. The van der Waals surface area contributed by atoms with Gasteiger partial charge in [0.25, 0.3) is 5.91 Å². The maximum absolute atomic E-state index is 12.9. The van der Waals surface area contributed by atoms with Gasteiger partial charge in [-0.25, -0.2) is 4.98 Å². The number of hydrogen-bond acceptors (Lipinski definition) is 5. The lowest BCUT2D eigenvalue weighted by Crippen LogP contribution is -2.63. The van der Waals surface area contributed by atoms with E-state index < -0.39 is 0 Å². The fourth-order valence-corrected chi connectivity index (χ4v) is 4.42. The first-order chi connectivity index (χ1) is 10.1. The number of rotatable bonds is 2. The molecule has 2 aliphatic rings. The molecule has 1 aliphatic heterocycles. The van der Waals surface area contributed by atoms with E-state index in [-0.39, 0.29) is 36.3 Å². The Morgan fingerprint density at radius 1 is 1.30 bits per heavy atom. The second-order valence-electron chi connectivity index (χ2n) is 6.31. The summed E-state index contributed by atoms with van der Waals surface area (Å²) in [6.07, 6.45) is 5.99. The molecule has 2 fully saturated rings. The fourth-order valence-electron chi connectivity index (χ4n) is 3.77. The molecule has 0 bridgehead atoms. The predicted molar refractivity (Wildman–Crippen MR) is 98.9 cm³/mol. The molecule has 2 N–H and O–H groups in total. The Kier molecular flexibility index (Phi) is 7.74. The van der Waals surface area contributed by atoms with Crippen molar-refractivity contribution in [3.05, 3.63) is 16.1 Å². The summed E-state index contributed by atoms with van der Waals surface area (Å²) in [5.74, 6) is 0.0981. The number of carbonyl (C=O) groups is 1. The van der Waals surface area contributed by atoms with E-state index in [0.29, 0.717) is 12.2 Å². The van der Waals surface area contributed by atoms with Crippen molar-refractivity contribution in [1.82, 2.24) is 14.8 Å². The van der Waals surface area contributed by atoms with Crippen molar-refractivity contribution in [3.8, 4) is 0 Å². The number of amides is 1. The van der Waals surface area contributed by atoms with Crippen LogP contribution in [0, 0.1) is 0 Å². The standard InChI is InChI=1S/C15H24N4OS.2ClH/c1-18-7-8-19(15(11-18)5-3-2-4-6-15)14(20)12-10-21-13(9-16)17-12;;/h10H,2-9,11,16H2,1H3;2*1H. The van der Waals surface area contributed by atoms with Crippen LogP contribution in [-0.2, 0) is 6.54 Å². The molecule has 1 amide bonds. The van der Waals surface area contributed by atoms with Gasteiger partial charge in [-0.1, -0.05) is 19.3 Å². The Hall–Kier alpha value is -0.400. The Morgan fingerprint density at radius 3 is 2.61 bits per heavy atom. The van der Waals surface area contributed by atoms with Gasteiger partial charge in [0.2, 0.25) is 0 Å². The molecular formula is C15H26Cl2N4OS. The number of thiazole rings is 1. The lowest BCUT2D eigenvalue weighted by molar-refractivity contribution is -0.00812. The molecule has 2 heterocycles. The Bertz CT molecular complexity index is 519. The average Bonchev–Trinajstić information content (AvgIpc) is 2.96. The van der Waals surface area contributed by atoms with Gasteiger partial charge in [-0.05, 0) is 19.9 Å². The Labute approximate surface area is 154 Å². The molecule has 132 valence electrons. The van der Waals surface area contributed by atoms with Crippen LogP contribution in [0.25, 0.3) is 0 Å². The van der Waals surface area contributed by atoms with Crippen LogP contribution in [0.1, 0.15) is 47.6 Å². The molecule has 3 rings (SSSR count). The van der Waals surface area contributed by atoms with Crippen LogP contribution in [0.3, 0.4) is 0 Å². The van der Waals surface area contributed by atoms with Gasteiger partial charge in [-0.3, -0.25) is 4.79 Å². The molecule has 5 nitrogen and oxygen atoms in total. The van der Waals surface area contributed by atoms with Crippen LogP contribution in [0.15, 0.2) is 5.38 Å². The second kappa shape index (κ2) is 8.62. The molecule has 1 aromatic rings. The minimum Gasteiger partial charge on any atom is -0.329 e. The molecule has 1 aromatic heterocycles. The van der Waals surface area contributed by atoms with Crippen LogP contribution < -0.4 is 5.73 Å². The zero-order valence-electron chi connectivity index (χ0n) is 13.5. The Balaban J connectivity index is 0.00000132. The van der Waals surface area contributed by atoms with Gasteiger partial charge in [-0.2, -0.15) is 0 Å². The summed E-state index contributed by atoms with van der Waals surface area (Å²) in [5, 5.41) is 2.70. The van der Waals surface area contributed by atoms with Crippen molar-refractivity contribution in [2.75, 3.05) is 26.7 Å². The van der Waals surface area contributed by atoms with Crippen molar-refractivity contribution in [1.29, 1.82) is 0 Å². The van der Waals surface area contributed by atoms with E-state index in [1.165, 1.54) is 30.6 Å². The molecule has 0 aromatic carbocycles. The monoisotopic (exact) mass is 380 g/mol. The molecule has 1 saturated carbocycles. The van der Waals surface area contributed by atoms with Gasteiger partial charge in [-0.15, -0.1) is 36.2 Å². The largest absolute Gasteiger partial charge is 0.329 e. The maximum atomic E-state index is 12.9. The summed E-state index contributed by atoms with van der Waals surface area (Å²) in [4.78, 5) is 21.8. The number of likely N-dealkylation sites (N-methyl/N-ethyl adjacent to an activating group) is 1. The summed E-state index contributed by atoms with van der Waals surface area (Å²) in [7, 11) is 2.16. The number of aromatic nitrogens is 1. The maximum Gasteiger partial charge on any atom is 0.273 e. The van der Waals surface area contributed by atoms with Gasteiger partial charge in [0.15, 0.2) is 0 Å². The van der Waals surface area contributed by atoms with Crippen molar-refractivity contribution in [3.63, 3.8) is 0 Å². The molecule has 8 heteroatoms. The number of piperazine rings is 1. The lowest BCUT2D eigenvalue weighted by Gasteiger charge is -2.52. The van der Waals surface area contributed by atoms with E-state index in [1.807, 2.05) is 5.38 Å². The van der Waals surface area contributed by atoms with Gasteiger partial charge in [0.05, 0.1) is 5.54 Å². The molecule has 1 saturated heterocycles. The highest BCUT2D eigenvalue weighted by Gasteiger charge is 2.44. The zero-order valence-corrected chi connectivity index (χ0v) is 15.9. The van der Waals surface area contributed by atoms with Crippen LogP contribution in [0.4, 0.5) is 0 Å². The summed E-state index contributed by atoms with van der Waals surface area (Å²) >= 11 is 1.48. The van der Waals surface area contributed by atoms with Gasteiger partial charge >= 0.3 is 0 Å². The normalized spacial score (nSPS) is 20.7. The summed E-state index contributed by atoms with van der Waals surface area (Å²) < 4.78 is 0. The quantitative estimate of drug-likeness (QED) is 0.855. The summed E-state index contributed by atoms with van der Waals surface area (Å²) in [6.45, 7) is 3.16. The smallest absolute Gasteiger partial charge is 0.273 e. The number of hydrogen-bond donors (Lipinski definition) is 1. The van der Waals surface area contributed by atoms with Gasteiger partial charge < -0.3 is 15.5 Å². The van der Waals surface area contributed by atoms with Crippen LogP contribution in [0.2, 0.25) is 0 Å². The van der Waals surface area contributed by atoms with Crippen molar-refractivity contribution in [2.45, 2.75) is 44.2 Å². The molecule has 1 spiro atoms. The minimum atomic E-state index is 0. The molecule has 1 aliphatic carbocycles. The third kappa shape index (κ3) is 4.17. The van der Waals surface area contributed by atoms with E-state index in [2.05, 4.69) is 21.8 Å². The van der Waals surface area contributed by atoms with Crippen molar-refractivity contribution < 1.29 is 4.79 Å². The van der Waals surface area contributed by atoms with E-state index in [9.17, 15) is 4.79 Å². The van der Waals surface area contributed by atoms with Crippen LogP contribution in [0.5, 0.6) is 0 Å². The molecule has 0 atom stereocenters. The van der Waals surface area contributed by atoms with E-state index in [1.54, 1.807) is 0 Å². The summed E-state index contributed by atoms with van der Waals surface area (Å²) in [6, 6.07) is 0. The number of carbonyl (C=O) groups excluding carboxylic acids is 1. The fraction of sp³-hybridized carbons (Fsp3) is 0.733. The number of halogens is 2. The molecule has 0 radical (unpaired) electrons. The van der Waals surface area contributed by atoms with Gasteiger partial charge in [0.1, 0.15) is 10.7 Å². The van der Waals surface area contributed by atoms with E-state index in [0.717, 1.165) is 37.5 Å². The summed E-state index contributed by atoms with van der Waals surface area (Å²) in [5.41, 5.74) is 6.21. The van der Waals surface area contributed by atoms with Crippen molar-refractivity contribution in [2.24, 2.45) is 5.73 Å². The topological polar surface area (TPSA) is 62.5 Å². The van der Waals surface area contributed by atoms with E-state index >= 15 is 0 Å². The highest BCUT2D eigenvalue weighted by atomic mass is 35.5. The third-order valence-corrected chi connectivity index (χ3v) is 5.69. The number of nitrogens with zero attached hydrogens (tertiary/aromatic N) is 3. The molecule has 0 unspecified atom stereocenters. The van der Waals surface area contributed by atoms with E-state index in [4.69, 9.17) is 5.73 Å². The average molecular weight is 381 g/mol. The van der Waals surface area contributed by atoms with Crippen LogP contribution >= 0.6 is 36.2 Å². The third-order valence-electron chi connectivity index (χ3n) is 4.82. The van der Waals surface area contributed by atoms with Crippen molar-refractivity contribution >= 4 is 42.1 Å². The highest BCUT2D eigenvalue weighted by Crippen LogP contribution is 2.37. The number of nitrogens with two attached hydrogens (primary N) is 1. The molecule has 23 heavy (non-hydrogen) atoms. The first-order valence-corrected chi connectivity index (χ1v) is 8.68. The SMILES string of the molecule is CN1CCN(C(=O)c2csc(CN)n2)C2(CCCCC2)C1.Cl.Cl. The first-order valence-electron chi connectivity index (χ1n) is 7.80. The zero-order chi connectivity index (χ0) is 14.9. The van der Waals surface area contributed by atoms with Crippen LogP contribution in [-0.4, -0.2) is 52.9 Å². The van der Waals surface area contributed by atoms with Gasteiger partial charge in [0, 0.05) is 31.6 Å². The Morgan fingerprint density at radius 2 is 2.00 bits per heavy atom. The minimum absolute atomic E-state index is 0. The predicted octanol–water partition coefficient (Wildman–Crippen LogP) is 2.54. The molecular weight excluding hydrogens is 355 g/mol.